The van der Waals surface area contributed by atoms with Crippen molar-refractivity contribution in [3.63, 3.8) is 0 Å². The molecule has 1 heterocycles. The minimum atomic E-state index is 0.471. The molecule has 0 unspecified atom stereocenters. The molecule has 0 saturated heterocycles. The fraction of sp³-hybridized carbons (Fsp3) is 0.714. The topological polar surface area (TPSA) is 76.3 Å². The summed E-state index contributed by atoms with van der Waals surface area (Å²) in [6.45, 7) is 10.9. The molecular weight excluding hydrogens is 254 g/mol. The number of nitrogens with zero attached hydrogens (tertiary/aromatic N) is 3. The van der Waals surface area contributed by atoms with Crippen LogP contribution in [0.1, 0.15) is 33.6 Å². The smallest absolute Gasteiger partial charge is 0.242 e. The highest BCUT2D eigenvalue weighted by Crippen LogP contribution is 2.24. The summed E-state index contributed by atoms with van der Waals surface area (Å²) in [6, 6.07) is 0. The molecule has 0 aromatic carbocycles. The van der Waals surface area contributed by atoms with Crippen LogP contribution in [0.15, 0.2) is 6.33 Å². The summed E-state index contributed by atoms with van der Waals surface area (Å²) in [6.07, 6.45) is 3.56. The van der Waals surface area contributed by atoms with Gasteiger partial charge in [0, 0.05) is 13.1 Å². The van der Waals surface area contributed by atoms with Gasteiger partial charge in [-0.1, -0.05) is 27.2 Å². The Morgan fingerprint density at radius 2 is 2.00 bits per heavy atom. The van der Waals surface area contributed by atoms with Gasteiger partial charge in [-0.2, -0.15) is 4.98 Å². The molecule has 0 aliphatic heterocycles. The van der Waals surface area contributed by atoms with Gasteiger partial charge in [-0.25, -0.2) is 4.98 Å². The van der Waals surface area contributed by atoms with Crippen molar-refractivity contribution in [1.29, 1.82) is 0 Å². The first kappa shape index (κ1) is 16.5. The van der Waals surface area contributed by atoms with Crippen LogP contribution in [0, 0.1) is 0 Å². The molecule has 1 aromatic rings. The molecule has 114 valence electrons. The van der Waals surface area contributed by atoms with Gasteiger partial charge in [0.15, 0.2) is 5.82 Å². The maximum Gasteiger partial charge on any atom is 0.242 e. The summed E-state index contributed by atoms with van der Waals surface area (Å²) in [4.78, 5) is 10.6. The quantitative estimate of drug-likeness (QED) is 0.639. The van der Waals surface area contributed by atoms with Crippen molar-refractivity contribution < 1.29 is 4.74 Å². The van der Waals surface area contributed by atoms with Crippen LogP contribution in [0.5, 0.6) is 5.88 Å². The monoisotopic (exact) mass is 281 g/mol. The molecule has 0 fully saturated rings. The SMILES string of the molecule is CCCCOc1ncnc(NCCN(CC)CC)c1N. The highest BCUT2D eigenvalue weighted by atomic mass is 16.5. The number of unbranched alkanes of at least 4 members (excludes halogenated alkanes) is 1. The van der Waals surface area contributed by atoms with E-state index in [1.54, 1.807) is 0 Å². The predicted octanol–water partition coefficient (Wildman–Crippen LogP) is 1.99. The second kappa shape index (κ2) is 9.36. The van der Waals surface area contributed by atoms with Crippen molar-refractivity contribution >= 4 is 11.5 Å². The molecule has 0 aliphatic rings. The Kier molecular flexibility index (Phi) is 7.72. The number of likely N-dealkylation sites (N-methyl/N-ethyl adjacent to an activating group) is 1. The summed E-state index contributed by atoms with van der Waals surface area (Å²) in [5.41, 5.74) is 6.51. The van der Waals surface area contributed by atoms with E-state index < -0.39 is 0 Å². The Morgan fingerprint density at radius 3 is 2.65 bits per heavy atom. The van der Waals surface area contributed by atoms with Crippen LogP contribution < -0.4 is 15.8 Å². The number of rotatable bonds is 10. The lowest BCUT2D eigenvalue weighted by Crippen LogP contribution is -2.29. The standard InChI is InChI=1S/C14H27N5O/c1-4-7-10-20-14-12(15)13(17-11-18-14)16-8-9-19(5-2)6-3/h11H,4-10,15H2,1-3H3,(H,16,17,18). The fourth-order valence-electron chi connectivity index (χ4n) is 1.82. The summed E-state index contributed by atoms with van der Waals surface area (Å²) in [5.74, 6) is 1.12. The van der Waals surface area contributed by atoms with Crippen molar-refractivity contribution in [2.24, 2.45) is 0 Å². The van der Waals surface area contributed by atoms with E-state index in [2.05, 4.69) is 41.0 Å². The van der Waals surface area contributed by atoms with Crippen LogP contribution in [0.3, 0.4) is 0 Å². The van der Waals surface area contributed by atoms with E-state index in [4.69, 9.17) is 10.5 Å². The largest absolute Gasteiger partial charge is 0.476 e. The van der Waals surface area contributed by atoms with Gasteiger partial charge in [-0.15, -0.1) is 0 Å². The molecule has 0 bridgehead atoms. The maximum atomic E-state index is 6.02. The second-order valence-electron chi connectivity index (χ2n) is 4.60. The number of hydrogen-bond acceptors (Lipinski definition) is 6. The van der Waals surface area contributed by atoms with Crippen LogP contribution in [0.2, 0.25) is 0 Å². The van der Waals surface area contributed by atoms with Crippen molar-refractivity contribution in [3.05, 3.63) is 6.33 Å². The van der Waals surface area contributed by atoms with Gasteiger partial charge >= 0.3 is 0 Å². The average molecular weight is 281 g/mol. The highest BCUT2D eigenvalue weighted by molar-refractivity contribution is 5.66. The van der Waals surface area contributed by atoms with Crippen LogP contribution in [-0.4, -0.2) is 47.7 Å². The van der Waals surface area contributed by atoms with Crippen LogP contribution in [-0.2, 0) is 0 Å². The molecule has 0 spiro atoms. The lowest BCUT2D eigenvalue weighted by Gasteiger charge is -2.18. The van der Waals surface area contributed by atoms with Gasteiger partial charge < -0.3 is 20.7 Å². The van der Waals surface area contributed by atoms with Crippen LogP contribution in [0.4, 0.5) is 11.5 Å². The fourth-order valence-corrected chi connectivity index (χ4v) is 1.82. The van der Waals surface area contributed by atoms with E-state index in [-0.39, 0.29) is 0 Å². The van der Waals surface area contributed by atoms with Crippen molar-refractivity contribution in [3.8, 4) is 5.88 Å². The first-order valence-corrected chi connectivity index (χ1v) is 7.42. The molecule has 1 aromatic heterocycles. The zero-order valence-corrected chi connectivity index (χ0v) is 12.9. The Morgan fingerprint density at radius 1 is 1.25 bits per heavy atom. The molecule has 0 radical (unpaired) electrons. The van der Waals surface area contributed by atoms with E-state index in [1.165, 1.54) is 6.33 Å². The van der Waals surface area contributed by atoms with Crippen LogP contribution >= 0.6 is 0 Å². The number of nitrogens with two attached hydrogens (primary N) is 1. The van der Waals surface area contributed by atoms with E-state index >= 15 is 0 Å². The van der Waals surface area contributed by atoms with E-state index in [0.717, 1.165) is 39.0 Å². The van der Waals surface area contributed by atoms with Crippen LogP contribution in [0.25, 0.3) is 0 Å². The number of ether oxygens (including phenoxy) is 1. The molecule has 0 aliphatic carbocycles. The van der Waals surface area contributed by atoms with Gasteiger partial charge in [0.05, 0.1) is 6.61 Å². The van der Waals surface area contributed by atoms with Crippen molar-refractivity contribution in [2.75, 3.05) is 43.8 Å². The summed E-state index contributed by atoms with van der Waals surface area (Å²) in [7, 11) is 0. The average Bonchev–Trinajstić information content (AvgIpc) is 2.47. The Labute approximate surface area is 121 Å². The molecule has 0 saturated carbocycles. The summed E-state index contributed by atoms with van der Waals surface area (Å²) < 4.78 is 5.56. The second-order valence-corrected chi connectivity index (χ2v) is 4.60. The first-order valence-electron chi connectivity index (χ1n) is 7.42. The molecule has 1 rings (SSSR count). The van der Waals surface area contributed by atoms with Gasteiger partial charge in [-0.3, -0.25) is 0 Å². The lowest BCUT2D eigenvalue weighted by molar-refractivity contribution is 0.299. The predicted molar refractivity (Wildman–Crippen MR) is 83.1 cm³/mol. The highest BCUT2D eigenvalue weighted by Gasteiger charge is 2.09. The van der Waals surface area contributed by atoms with Gasteiger partial charge in [-0.05, 0) is 19.5 Å². The van der Waals surface area contributed by atoms with E-state index in [0.29, 0.717) is 24.0 Å². The molecule has 6 nitrogen and oxygen atoms in total. The number of nitrogen functional groups attached to an aromatic ring is 1. The normalized spacial score (nSPS) is 10.8. The first-order chi connectivity index (χ1) is 9.72. The third kappa shape index (κ3) is 5.21. The van der Waals surface area contributed by atoms with Gasteiger partial charge in [0.1, 0.15) is 12.0 Å². The molecule has 3 N–H and O–H groups in total. The Hall–Kier alpha value is -1.56. The molecular formula is C14H27N5O. The molecule has 20 heavy (non-hydrogen) atoms. The summed E-state index contributed by atoms with van der Waals surface area (Å²) >= 11 is 0. The Bertz CT molecular complexity index is 382. The third-order valence-electron chi connectivity index (χ3n) is 3.20. The Balaban J connectivity index is 2.51. The van der Waals surface area contributed by atoms with Crippen molar-refractivity contribution in [2.45, 2.75) is 33.6 Å². The zero-order valence-electron chi connectivity index (χ0n) is 12.9. The molecule has 6 heteroatoms. The number of hydrogen-bond donors (Lipinski definition) is 2. The van der Waals surface area contributed by atoms with E-state index in [1.807, 2.05) is 0 Å². The lowest BCUT2D eigenvalue weighted by atomic mass is 10.3. The van der Waals surface area contributed by atoms with Gasteiger partial charge in [0.25, 0.3) is 0 Å². The number of aromatic nitrogens is 2. The number of nitrogens with one attached hydrogen (secondary N) is 1. The van der Waals surface area contributed by atoms with Crippen molar-refractivity contribution in [1.82, 2.24) is 14.9 Å². The molecule has 0 amide bonds. The van der Waals surface area contributed by atoms with E-state index in [9.17, 15) is 0 Å². The minimum Gasteiger partial charge on any atom is -0.476 e. The van der Waals surface area contributed by atoms with Gasteiger partial charge in [0.2, 0.25) is 5.88 Å². The zero-order chi connectivity index (χ0) is 14.8. The maximum absolute atomic E-state index is 6.02. The molecule has 0 atom stereocenters. The third-order valence-corrected chi connectivity index (χ3v) is 3.20. The summed E-state index contributed by atoms with van der Waals surface area (Å²) in [5, 5.41) is 3.25. The number of anilines is 2. The minimum absolute atomic E-state index is 0.471.